The van der Waals surface area contributed by atoms with Crippen LogP contribution in [0, 0.1) is 0 Å². The number of benzene rings is 1. The van der Waals surface area contributed by atoms with Crippen LogP contribution in [0.4, 0.5) is 11.4 Å². The van der Waals surface area contributed by atoms with E-state index in [4.69, 9.17) is 10.3 Å². The first kappa shape index (κ1) is 16.7. The Kier molecular flexibility index (Phi) is 5.34. The van der Waals surface area contributed by atoms with E-state index in [1.807, 2.05) is 0 Å². The summed E-state index contributed by atoms with van der Waals surface area (Å²) in [5.41, 5.74) is 6.19. The first-order valence-corrected chi connectivity index (χ1v) is 8.65. The molecule has 8 nitrogen and oxygen atoms in total. The van der Waals surface area contributed by atoms with Gasteiger partial charge < -0.3 is 11.1 Å². The predicted molar refractivity (Wildman–Crippen MR) is 74.6 cm³/mol. The van der Waals surface area contributed by atoms with Crippen molar-refractivity contribution in [2.45, 2.75) is 11.8 Å². The average molecular weight is 324 g/mol. The minimum Gasteiger partial charge on any atom is -0.399 e. The molecule has 0 atom stereocenters. The monoisotopic (exact) mass is 324 g/mol. The molecule has 0 heterocycles. The van der Waals surface area contributed by atoms with Crippen LogP contribution in [0.3, 0.4) is 0 Å². The zero-order valence-electron chi connectivity index (χ0n) is 10.7. The van der Waals surface area contributed by atoms with E-state index in [0.717, 1.165) is 0 Å². The Morgan fingerprint density at radius 1 is 1.30 bits per heavy atom. The standard InChI is InChI=1S/C10H16N2O6S2/c1-2-12-9-4-3-8(11)7-10(9)19(13,14)6-5-18-20(15,16)17/h3-4,7,12H,2,5-6,11H2,1H3,(H,15,16,17). The van der Waals surface area contributed by atoms with Gasteiger partial charge in [0.1, 0.15) is 0 Å². The minimum atomic E-state index is -4.66. The van der Waals surface area contributed by atoms with Gasteiger partial charge in [0.2, 0.25) is 0 Å². The molecular weight excluding hydrogens is 308 g/mol. The third-order valence-electron chi connectivity index (χ3n) is 2.29. The van der Waals surface area contributed by atoms with E-state index >= 15 is 0 Å². The zero-order valence-corrected chi connectivity index (χ0v) is 12.4. The average Bonchev–Trinajstić information content (AvgIpc) is 2.29. The van der Waals surface area contributed by atoms with Gasteiger partial charge in [-0.3, -0.25) is 4.55 Å². The Labute approximate surface area is 117 Å². The first-order chi connectivity index (χ1) is 9.15. The van der Waals surface area contributed by atoms with E-state index in [1.165, 1.54) is 12.1 Å². The molecule has 1 rings (SSSR count). The van der Waals surface area contributed by atoms with Crippen LogP contribution in [-0.4, -0.2) is 40.3 Å². The topological polar surface area (TPSA) is 136 Å². The van der Waals surface area contributed by atoms with Crippen LogP contribution in [-0.2, 0) is 24.4 Å². The molecule has 20 heavy (non-hydrogen) atoms. The van der Waals surface area contributed by atoms with Crippen LogP contribution < -0.4 is 11.1 Å². The summed E-state index contributed by atoms with van der Waals surface area (Å²) in [6.07, 6.45) is 0. The summed E-state index contributed by atoms with van der Waals surface area (Å²) in [4.78, 5) is -0.0433. The van der Waals surface area contributed by atoms with Gasteiger partial charge in [-0.15, -0.1) is 0 Å². The molecule has 0 radical (unpaired) electrons. The number of rotatable bonds is 7. The molecule has 0 aromatic heterocycles. The third-order valence-corrected chi connectivity index (χ3v) is 4.47. The molecule has 114 valence electrons. The lowest BCUT2D eigenvalue weighted by atomic mass is 10.3. The highest BCUT2D eigenvalue weighted by molar-refractivity contribution is 7.91. The lowest BCUT2D eigenvalue weighted by Gasteiger charge is -2.12. The maximum absolute atomic E-state index is 12.1. The predicted octanol–water partition coefficient (Wildman–Crippen LogP) is 0.294. The Hall–Kier alpha value is -1.36. The molecule has 0 aliphatic carbocycles. The van der Waals surface area contributed by atoms with E-state index in [-0.39, 0.29) is 10.6 Å². The Morgan fingerprint density at radius 3 is 2.50 bits per heavy atom. The molecule has 1 aromatic carbocycles. The molecule has 0 saturated carbocycles. The van der Waals surface area contributed by atoms with Crippen molar-refractivity contribution in [1.29, 1.82) is 0 Å². The van der Waals surface area contributed by atoms with Gasteiger partial charge in [-0.25, -0.2) is 12.6 Å². The highest BCUT2D eigenvalue weighted by Gasteiger charge is 2.20. The molecule has 0 spiro atoms. The third kappa shape index (κ3) is 4.96. The molecular formula is C10H16N2O6S2. The summed E-state index contributed by atoms with van der Waals surface area (Å²) in [5, 5.41) is 2.87. The molecule has 10 heteroatoms. The molecule has 4 N–H and O–H groups in total. The summed E-state index contributed by atoms with van der Waals surface area (Å²) < 4.78 is 57.4. The zero-order chi connectivity index (χ0) is 15.4. The SMILES string of the molecule is CCNc1ccc(N)cc1S(=O)(=O)CCOS(=O)(=O)O. The van der Waals surface area contributed by atoms with Crippen molar-refractivity contribution in [3.63, 3.8) is 0 Å². The van der Waals surface area contributed by atoms with Crippen molar-refractivity contribution in [3.05, 3.63) is 18.2 Å². The van der Waals surface area contributed by atoms with Crippen molar-refractivity contribution in [2.75, 3.05) is 30.0 Å². The normalized spacial score (nSPS) is 12.3. The molecule has 0 aliphatic rings. The molecule has 0 bridgehead atoms. The van der Waals surface area contributed by atoms with Gasteiger partial charge in [0, 0.05) is 12.2 Å². The highest BCUT2D eigenvalue weighted by Crippen LogP contribution is 2.25. The quantitative estimate of drug-likeness (QED) is 0.481. The van der Waals surface area contributed by atoms with Crippen LogP contribution in [0.5, 0.6) is 0 Å². The van der Waals surface area contributed by atoms with Crippen molar-refractivity contribution in [3.8, 4) is 0 Å². The van der Waals surface area contributed by atoms with E-state index < -0.39 is 32.6 Å². The van der Waals surface area contributed by atoms with Gasteiger partial charge in [-0.1, -0.05) is 0 Å². The van der Waals surface area contributed by atoms with Gasteiger partial charge >= 0.3 is 10.4 Å². The smallest absolute Gasteiger partial charge is 0.397 e. The number of hydrogen-bond donors (Lipinski definition) is 3. The van der Waals surface area contributed by atoms with Crippen molar-refractivity contribution < 1.29 is 25.6 Å². The van der Waals surface area contributed by atoms with Crippen molar-refractivity contribution in [1.82, 2.24) is 0 Å². The van der Waals surface area contributed by atoms with Crippen LogP contribution >= 0.6 is 0 Å². The van der Waals surface area contributed by atoms with Crippen LogP contribution in [0.2, 0.25) is 0 Å². The Balaban J connectivity index is 2.99. The Bertz CT molecular complexity index is 669. The second-order valence-corrected chi connectivity index (χ2v) is 7.02. The second kappa shape index (κ2) is 6.39. The van der Waals surface area contributed by atoms with Gasteiger partial charge in [-0.2, -0.15) is 8.42 Å². The maximum atomic E-state index is 12.1. The number of anilines is 2. The van der Waals surface area contributed by atoms with Gasteiger partial charge in [-0.05, 0) is 25.1 Å². The molecule has 0 fully saturated rings. The number of nitrogens with one attached hydrogen (secondary N) is 1. The number of sulfone groups is 1. The fourth-order valence-electron chi connectivity index (χ4n) is 1.49. The minimum absolute atomic E-state index is 0.0433. The molecule has 0 unspecified atom stereocenters. The van der Waals surface area contributed by atoms with Crippen LogP contribution in [0.1, 0.15) is 6.92 Å². The second-order valence-electron chi connectivity index (χ2n) is 3.85. The fraction of sp³-hybridized carbons (Fsp3) is 0.400. The largest absolute Gasteiger partial charge is 0.399 e. The number of nitrogens with two attached hydrogens (primary N) is 1. The molecule has 0 saturated heterocycles. The fourth-order valence-corrected chi connectivity index (χ4v) is 3.20. The summed E-state index contributed by atoms with van der Waals surface area (Å²) >= 11 is 0. The van der Waals surface area contributed by atoms with E-state index in [1.54, 1.807) is 13.0 Å². The summed E-state index contributed by atoms with van der Waals surface area (Å²) in [5.74, 6) is -0.603. The summed E-state index contributed by atoms with van der Waals surface area (Å²) in [6.45, 7) is 1.63. The first-order valence-electron chi connectivity index (χ1n) is 5.63. The number of nitrogen functional groups attached to an aromatic ring is 1. The van der Waals surface area contributed by atoms with Gasteiger partial charge in [0.25, 0.3) is 0 Å². The van der Waals surface area contributed by atoms with E-state index in [0.29, 0.717) is 12.2 Å². The summed E-state index contributed by atoms with van der Waals surface area (Å²) in [6, 6.07) is 4.35. The molecule has 0 aliphatic heterocycles. The number of hydrogen-bond acceptors (Lipinski definition) is 7. The lowest BCUT2D eigenvalue weighted by Crippen LogP contribution is -2.17. The van der Waals surface area contributed by atoms with Gasteiger partial charge in [0.15, 0.2) is 9.84 Å². The molecule has 0 amide bonds. The van der Waals surface area contributed by atoms with Crippen LogP contribution in [0.25, 0.3) is 0 Å². The maximum Gasteiger partial charge on any atom is 0.397 e. The highest BCUT2D eigenvalue weighted by atomic mass is 32.3. The Morgan fingerprint density at radius 2 is 1.95 bits per heavy atom. The van der Waals surface area contributed by atoms with E-state index in [9.17, 15) is 16.8 Å². The van der Waals surface area contributed by atoms with Gasteiger partial charge in [0.05, 0.1) is 22.9 Å². The lowest BCUT2D eigenvalue weighted by molar-refractivity contribution is 0.284. The van der Waals surface area contributed by atoms with Crippen molar-refractivity contribution in [2.24, 2.45) is 0 Å². The van der Waals surface area contributed by atoms with Crippen molar-refractivity contribution >= 4 is 31.6 Å². The summed E-state index contributed by atoms with van der Waals surface area (Å²) in [7, 11) is -8.46. The molecule has 1 aromatic rings. The van der Waals surface area contributed by atoms with Crippen LogP contribution in [0.15, 0.2) is 23.1 Å². The van der Waals surface area contributed by atoms with E-state index in [2.05, 4.69) is 9.50 Å².